The lowest BCUT2D eigenvalue weighted by atomic mass is 10.1. The van der Waals surface area contributed by atoms with Crippen LogP contribution in [0.1, 0.15) is 16.6 Å². The number of halogens is 1. The Morgan fingerprint density at radius 1 is 1.26 bits per heavy atom. The van der Waals surface area contributed by atoms with Gasteiger partial charge < -0.3 is 5.73 Å². The van der Waals surface area contributed by atoms with E-state index in [2.05, 4.69) is 4.98 Å². The Kier molecular flexibility index (Phi) is 4.36. The van der Waals surface area contributed by atoms with Gasteiger partial charge in [-0.1, -0.05) is 24.3 Å². The molecule has 0 spiro atoms. The standard InChI is InChI=1S/C17H16FN3OS/c1-21(10-15-20-13-4-2-3-5-14(13)23-15)16(17(19)22)11-6-8-12(18)9-7-11/h2-9,16H,10H2,1H3,(H2,19,22). The Hall–Kier alpha value is -2.31. The van der Waals surface area contributed by atoms with Gasteiger partial charge in [-0.25, -0.2) is 9.37 Å². The lowest BCUT2D eigenvalue weighted by Gasteiger charge is -2.24. The summed E-state index contributed by atoms with van der Waals surface area (Å²) in [5.41, 5.74) is 7.16. The van der Waals surface area contributed by atoms with Gasteiger partial charge in [0.05, 0.1) is 16.8 Å². The molecule has 23 heavy (non-hydrogen) atoms. The van der Waals surface area contributed by atoms with Crippen LogP contribution >= 0.6 is 11.3 Å². The van der Waals surface area contributed by atoms with Crippen molar-refractivity contribution in [2.45, 2.75) is 12.6 Å². The van der Waals surface area contributed by atoms with Gasteiger partial charge in [-0.3, -0.25) is 9.69 Å². The summed E-state index contributed by atoms with van der Waals surface area (Å²) in [5, 5.41) is 0.905. The molecule has 1 amide bonds. The zero-order valence-electron chi connectivity index (χ0n) is 12.6. The fourth-order valence-corrected chi connectivity index (χ4v) is 3.60. The van der Waals surface area contributed by atoms with Crippen LogP contribution in [-0.2, 0) is 11.3 Å². The first-order valence-electron chi connectivity index (χ1n) is 7.14. The first-order valence-corrected chi connectivity index (χ1v) is 7.96. The molecule has 4 nitrogen and oxygen atoms in total. The van der Waals surface area contributed by atoms with E-state index in [0.717, 1.165) is 15.2 Å². The molecule has 0 aliphatic carbocycles. The van der Waals surface area contributed by atoms with Gasteiger partial charge in [-0.15, -0.1) is 11.3 Å². The molecule has 0 aliphatic rings. The van der Waals surface area contributed by atoms with Crippen molar-refractivity contribution in [1.82, 2.24) is 9.88 Å². The highest BCUT2D eigenvalue weighted by atomic mass is 32.1. The van der Waals surface area contributed by atoms with E-state index in [1.165, 1.54) is 12.1 Å². The molecule has 1 heterocycles. The number of carbonyl (C=O) groups is 1. The zero-order valence-corrected chi connectivity index (χ0v) is 13.4. The highest BCUT2D eigenvalue weighted by molar-refractivity contribution is 7.18. The molecule has 0 aliphatic heterocycles. The molecular weight excluding hydrogens is 313 g/mol. The Bertz CT molecular complexity index is 798. The Morgan fingerprint density at radius 2 is 1.96 bits per heavy atom. The molecule has 0 saturated heterocycles. The number of rotatable bonds is 5. The van der Waals surface area contributed by atoms with Crippen LogP contribution in [-0.4, -0.2) is 22.8 Å². The molecular formula is C17H16FN3OS. The second-order valence-electron chi connectivity index (χ2n) is 5.35. The molecule has 0 radical (unpaired) electrons. The maximum absolute atomic E-state index is 13.1. The fraction of sp³-hybridized carbons (Fsp3) is 0.176. The quantitative estimate of drug-likeness (QED) is 0.782. The van der Waals surface area contributed by atoms with Crippen LogP contribution in [0.15, 0.2) is 48.5 Å². The number of para-hydroxylation sites is 1. The minimum atomic E-state index is -0.623. The molecule has 1 atom stereocenters. The summed E-state index contributed by atoms with van der Waals surface area (Å²) >= 11 is 1.59. The van der Waals surface area contributed by atoms with Crippen LogP contribution < -0.4 is 5.73 Å². The molecule has 3 rings (SSSR count). The predicted octanol–water partition coefficient (Wildman–Crippen LogP) is 3.09. The molecule has 2 N–H and O–H groups in total. The van der Waals surface area contributed by atoms with Gasteiger partial charge in [0.15, 0.2) is 0 Å². The van der Waals surface area contributed by atoms with Crippen molar-refractivity contribution in [2.24, 2.45) is 5.73 Å². The van der Waals surface area contributed by atoms with E-state index in [-0.39, 0.29) is 5.82 Å². The highest BCUT2D eigenvalue weighted by Crippen LogP contribution is 2.26. The molecule has 0 fully saturated rings. The molecule has 0 saturated carbocycles. The maximum atomic E-state index is 13.1. The van der Waals surface area contributed by atoms with E-state index in [1.54, 1.807) is 23.5 Å². The number of fused-ring (bicyclic) bond motifs is 1. The Morgan fingerprint density at radius 3 is 2.61 bits per heavy atom. The van der Waals surface area contributed by atoms with Gasteiger partial charge in [0, 0.05) is 0 Å². The molecule has 3 aromatic rings. The monoisotopic (exact) mass is 329 g/mol. The summed E-state index contributed by atoms with van der Waals surface area (Å²) in [6, 6.07) is 13.1. The predicted molar refractivity (Wildman–Crippen MR) is 89.4 cm³/mol. The highest BCUT2D eigenvalue weighted by Gasteiger charge is 2.23. The van der Waals surface area contributed by atoms with Crippen molar-refractivity contribution in [3.8, 4) is 0 Å². The molecule has 6 heteroatoms. The van der Waals surface area contributed by atoms with Crippen molar-refractivity contribution in [3.05, 3.63) is 64.9 Å². The van der Waals surface area contributed by atoms with Crippen LogP contribution in [0, 0.1) is 5.82 Å². The number of hydrogen-bond donors (Lipinski definition) is 1. The number of primary amides is 1. The van der Waals surface area contributed by atoms with Crippen LogP contribution in [0.4, 0.5) is 4.39 Å². The van der Waals surface area contributed by atoms with Crippen LogP contribution in [0.3, 0.4) is 0 Å². The number of carbonyl (C=O) groups excluding carboxylic acids is 1. The van der Waals surface area contributed by atoms with Gasteiger partial charge >= 0.3 is 0 Å². The van der Waals surface area contributed by atoms with Crippen molar-refractivity contribution in [1.29, 1.82) is 0 Å². The Labute approximate surface area is 137 Å². The second-order valence-corrected chi connectivity index (χ2v) is 6.46. The van der Waals surface area contributed by atoms with Gasteiger partial charge in [0.2, 0.25) is 5.91 Å². The third-order valence-electron chi connectivity index (χ3n) is 3.62. The average Bonchev–Trinajstić information content (AvgIpc) is 2.91. The SMILES string of the molecule is CN(Cc1nc2ccccc2s1)C(C(N)=O)c1ccc(F)cc1. The number of thiazole rings is 1. The number of nitrogens with zero attached hydrogens (tertiary/aromatic N) is 2. The minimum Gasteiger partial charge on any atom is -0.368 e. The summed E-state index contributed by atoms with van der Waals surface area (Å²) in [6.45, 7) is 0.490. The third kappa shape index (κ3) is 3.38. The smallest absolute Gasteiger partial charge is 0.239 e. The average molecular weight is 329 g/mol. The van der Waals surface area contributed by atoms with Gasteiger partial charge in [-0.2, -0.15) is 0 Å². The van der Waals surface area contributed by atoms with Gasteiger partial charge in [-0.05, 0) is 36.9 Å². The molecule has 0 bridgehead atoms. The number of nitrogens with two attached hydrogens (primary N) is 1. The molecule has 1 unspecified atom stereocenters. The van der Waals surface area contributed by atoms with E-state index in [1.807, 2.05) is 36.2 Å². The fourth-order valence-electron chi connectivity index (χ4n) is 2.57. The van der Waals surface area contributed by atoms with E-state index in [0.29, 0.717) is 12.1 Å². The Balaban J connectivity index is 1.84. The summed E-state index contributed by atoms with van der Waals surface area (Å²) in [4.78, 5) is 18.3. The van der Waals surface area contributed by atoms with Crippen LogP contribution in [0.25, 0.3) is 10.2 Å². The molecule has 1 aromatic heterocycles. The van der Waals surface area contributed by atoms with Crippen molar-refractivity contribution in [3.63, 3.8) is 0 Å². The normalized spacial score (nSPS) is 12.7. The summed E-state index contributed by atoms with van der Waals surface area (Å²) in [5.74, 6) is -0.814. The summed E-state index contributed by atoms with van der Waals surface area (Å²) in [6.07, 6.45) is 0. The number of aromatic nitrogens is 1. The maximum Gasteiger partial charge on any atom is 0.239 e. The minimum absolute atomic E-state index is 0.342. The van der Waals surface area contributed by atoms with Crippen molar-refractivity contribution in [2.75, 3.05) is 7.05 Å². The van der Waals surface area contributed by atoms with E-state index < -0.39 is 11.9 Å². The number of amides is 1. The van der Waals surface area contributed by atoms with Gasteiger partial charge in [0.25, 0.3) is 0 Å². The number of likely N-dealkylation sites (N-methyl/N-ethyl adjacent to an activating group) is 1. The van der Waals surface area contributed by atoms with E-state index >= 15 is 0 Å². The van der Waals surface area contributed by atoms with Crippen molar-refractivity contribution >= 4 is 27.5 Å². The largest absolute Gasteiger partial charge is 0.368 e. The lowest BCUT2D eigenvalue weighted by molar-refractivity contribution is -0.123. The van der Waals surface area contributed by atoms with Gasteiger partial charge in [0.1, 0.15) is 16.9 Å². The van der Waals surface area contributed by atoms with Crippen molar-refractivity contribution < 1.29 is 9.18 Å². The van der Waals surface area contributed by atoms with Crippen LogP contribution in [0.2, 0.25) is 0 Å². The summed E-state index contributed by atoms with van der Waals surface area (Å²) in [7, 11) is 1.81. The zero-order chi connectivity index (χ0) is 16.4. The van der Waals surface area contributed by atoms with Crippen LogP contribution in [0.5, 0.6) is 0 Å². The first-order chi connectivity index (χ1) is 11.0. The summed E-state index contributed by atoms with van der Waals surface area (Å²) < 4.78 is 14.2. The van der Waals surface area contributed by atoms with E-state index in [4.69, 9.17) is 5.73 Å². The number of hydrogen-bond acceptors (Lipinski definition) is 4. The molecule has 118 valence electrons. The second kappa shape index (κ2) is 6.44. The first kappa shape index (κ1) is 15.6. The topological polar surface area (TPSA) is 59.2 Å². The molecule has 2 aromatic carbocycles. The lowest BCUT2D eigenvalue weighted by Crippen LogP contribution is -2.34. The van der Waals surface area contributed by atoms with E-state index in [9.17, 15) is 9.18 Å². The number of benzene rings is 2. The third-order valence-corrected chi connectivity index (χ3v) is 4.64.